The largest absolute Gasteiger partial charge is 0.474 e. The minimum Gasteiger partial charge on any atom is -0.474 e. The van der Waals surface area contributed by atoms with Gasteiger partial charge >= 0.3 is 0 Å². The van der Waals surface area contributed by atoms with E-state index in [1.165, 1.54) is 0 Å². The number of hydrogen-bond donors (Lipinski definition) is 2. The molecule has 2 aromatic heterocycles. The van der Waals surface area contributed by atoms with Gasteiger partial charge < -0.3 is 15.4 Å². The second-order valence-electron chi connectivity index (χ2n) is 10.0. The van der Waals surface area contributed by atoms with Crippen LogP contribution in [0.25, 0.3) is 11.3 Å². The fourth-order valence-corrected chi connectivity index (χ4v) is 5.10. The number of ether oxygens (including phenoxy) is 1. The highest BCUT2D eigenvalue weighted by atomic mass is 16.5. The number of hydrogen-bond acceptors (Lipinski definition) is 6. The minimum atomic E-state index is -1.18. The summed E-state index contributed by atoms with van der Waals surface area (Å²) in [6.07, 6.45) is 0.315. The Labute approximate surface area is 232 Å². The quantitative estimate of drug-likeness (QED) is 0.391. The van der Waals surface area contributed by atoms with E-state index in [-0.39, 0.29) is 11.7 Å². The number of fused-ring (bicyclic) bond motifs is 2. The van der Waals surface area contributed by atoms with Crippen molar-refractivity contribution in [1.29, 1.82) is 0 Å². The molecule has 40 heavy (non-hydrogen) atoms. The van der Waals surface area contributed by atoms with E-state index in [4.69, 9.17) is 14.8 Å². The number of aryl methyl sites for hydroxylation is 3. The first-order valence-electron chi connectivity index (χ1n) is 13.5. The van der Waals surface area contributed by atoms with Crippen molar-refractivity contribution in [3.05, 3.63) is 94.8 Å². The summed E-state index contributed by atoms with van der Waals surface area (Å²) in [6, 6.07) is 21.0. The Morgan fingerprint density at radius 3 is 2.62 bits per heavy atom. The van der Waals surface area contributed by atoms with Crippen LogP contribution in [-0.2, 0) is 17.8 Å². The fraction of sp³-hybridized carbons (Fsp3) is 0.258. The van der Waals surface area contributed by atoms with Gasteiger partial charge in [0.2, 0.25) is 12.0 Å². The van der Waals surface area contributed by atoms with Gasteiger partial charge in [0, 0.05) is 41.0 Å². The summed E-state index contributed by atoms with van der Waals surface area (Å²) in [5.74, 6) is -0.546. The van der Waals surface area contributed by atoms with Crippen LogP contribution in [0.1, 0.15) is 53.1 Å². The van der Waals surface area contributed by atoms with Crippen LogP contribution < -0.4 is 15.4 Å². The number of carbonyl (C=O) groups excluding carboxylic acids is 2. The van der Waals surface area contributed by atoms with Gasteiger partial charge in [0.05, 0.1) is 17.5 Å². The first kappa shape index (κ1) is 25.5. The van der Waals surface area contributed by atoms with Crippen LogP contribution >= 0.6 is 0 Å². The predicted octanol–water partition coefficient (Wildman–Crippen LogP) is 4.53. The van der Waals surface area contributed by atoms with Gasteiger partial charge in [-0.1, -0.05) is 55.5 Å². The lowest BCUT2D eigenvalue weighted by molar-refractivity contribution is -0.117. The Hall–Kier alpha value is -4.79. The molecule has 9 heteroatoms. The molecule has 0 saturated carbocycles. The van der Waals surface area contributed by atoms with E-state index in [2.05, 4.69) is 15.6 Å². The van der Waals surface area contributed by atoms with Gasteiger partial charge in [-0.15, -0.1) is 0 Å². The molecule has 202 valence electrons. The van der Waals surface area contributed by atoms with Crippen molar-refractivity contribution in [1.82, 2.24) is 20.1 Å². The van der Waals surface area contributed by atoms with Crippen molar-refractivity contribution in [2.75, 3.05) is 5.32 Å². The molecule has 2 aliphatic heterocycles. The standard InChI is InChI=1S/C31H30N6O3/c1-4-21-14-15-22(19(3)32-21)27-25(31-37(36-27)17-16-18(2)40-31)29(38)35-28-30(39)33-24-13-9-8-12-23(24)26(34-28)20-10-6-5-7-11-20/h5-15,18,28H,4,16-17H2,1-3H3,(H,33,39)(H,35,38)/t18-,28-/m1/s1. The van der Waals surface area contributed by atoms with Crippen molar-refractivity contribution < 1.29 is 14.3 Å². The molecule has 2 aliphatic rings. The fourth-order valence-electron chi connectivity index (χ4n) is 5.10. The van der Waals surface area contributed by atoms with Crippen LogP contribution in [-0.4, -0.2) is 44.6 Å². The maximum Gasteiger partial charge on any atom is 0.269 e. The maximum atomic E-state index is 14.0. The molecule has 0 aliphatic carbocycles. The summed E-state index contributed by atoms with van der Waals surface area (Å²) in [5, 5.41) is 10.6. The average Bonchev–Trinajstić information content (AvgIpc) is 3.27. The van der Waals surface area contributed by atoms with Gasteiger partial charge in [0.25, 0.3) is 11.8 Å². The Kier molecular flexibility index (Phi) is 6.63. The molecule has 6 rings (SSSR count). The van der Waals surface area contributed by atoms with Gasteiger partial charge in [0.1, 0.15) is 11.3 Å². The molecule has 0 bridgehead atoms. The molecular weight excluding hydrogens is 504 g/mol. The molecule has 2 N–H and O–H groups in total. The molecule has 2 amide bonds. The molecule has 0 radical (unpaired) electrons. The number of amides is 2. The molecule has 2 aromatic carbocycles. The second kappa shape index (κ2) is 10.4. The lowest BCUT2D eigenvalue weighted by Crippen LogP contribution is -2.42. The highest BCUT2D eigenvalue weighted by Gasteiger charge is 2.34. The summed E-state index contributed by atoms with van der Waals surface area (Å²) < 4.78 is 7.86. The average molecular weight is 535 g/mol. The molecule has 4 aromatic rings. The van der Waals surface area contributed by atoms with E-state index in [0.29, 0.717) is 29.5 Å². The molecular formula is C31H30N6O3. The number of aliphatic imine (C=N–C) groups is 1. The number of nitrogens with one attached hydrogen (secondary N) is 2. The van der Waals surface area contributed by atoms with Crippen molar-refractivity contribution in [3.63, 3.8) is 0 Å². The molecule has 2 atom stereocenters. The van der Waals surface area contributed by atoms with E-state index < -0.39 is 18.0 Å². The maximum absolute atomic E-state index is 14.0. The summed E-state index contributed by atoms with van der Waals surface area (Å²) in [5.41, 5.74) is 6.06. The number of carbonyl (C=O) groups is 2. The van der Waals surface area contributed by atoms with Crippen LogP contribution in [0.4, 0.5) is 5.69 Å². The van der Waals surface area contributed by atoms with Gasteiger partial charge in [-0.3, -0.25) is 14.6 Å². The van der Waals surface area contributed by atoms with Crippen molar-refractivity contribution >= 4 is 23.2 Å². The Balaban J connectivity index is 1.43. The monoisotopic (exact) mass is 534 g/mol. The van der Waals surface area contributed by atoms with E-state index in [9.17, 15) is 9.59 Å². The zero-order valence-electron chi connectivity index (χ0n) is 22.6. The Morgan fingerprint density at radius 2 is 1.85 bits per heavy atom. The van der Waals surface area contributed by atoms with Crippen molar-refractivity contribution in [2.45, 2.75) is 52.4 Å². The number of benzene rings is 2. The molecule has 0 saturated heterocycles. The predicted molar refractivity (Wildman–Crippen MR) is 153 cm³/mol. The summed E-state index contributed by atoms with van der Waals surface area (Å²) in [6.45, 7) is 6.54. The van der Waals surface area contributed by atoms with Crippen LogP contribution in [0, 0.1) is 6.92 Å². The molecule has 4 heterocycles. The topological polar surface area (TPSA) is 110 Å². The van der Waals surface area contributed by atoms with Gasteiger partial charge in [0.15, 0.2) is 0 Å². The van der Waals surface area contributed by atoms with Crippen molar-refractivity contribution in [2.24, 2.45) is 4.99 Å². The first-order chi connectivity index (χ1) is 19.4. The zero-order chi connectivity index (χ0) is 27.8. The molecule has 9 nitrogen and oxygen atoms in total. The summed E-state index contributed by atoms with van der Waals surface area (Å²) in [4.78, 5) is 36.9. The van der Waals surface area contributed by atoms with Crippen molar-refractivity contribution in [3.8, 4) is 17.1 Å². The number of anilines is 1. The number of pyridine rings is 1. The van der Waals surface area contributed by atoms with Gasteiger partial charge in [-0.2, -0.15) is 5.10 Å². The number of rotatable bonds is 5. The molecule has 0 unspecified atom stereocenters. The first-order valence-corrected chi connectivity index (χ1v) is 13.5. The third-order valence-corrected chi connectivity index (χ3v) is 7.22. The van der Waals surface area contributed by atoms with E-state index in [1.807, 2.05) is 87.5 Å². The Bertz CT molecular complexity index is 1640. The highest BCUT2D eigenvalue weighted by Crippen LogP contribution is 2.35. The third kappa shape index (κ3) is 4.64. The molecule has 0 fully saturated rings. The second-order valence-corrected chi connectivity index (χ2v) is 10.0. The number of benzodiazepines with no additional fused rings is 1. The number of nitrogens with zero attached hydrogens (tertiary/aromatic N) is 4. The lowest BCUT2D eigenvalue weighted by atomic mass is 10.0. The van der Waals surface area contributed by atoms with E-state index in [0.717, 1.165) is 40.9 Å². The van der Waals surface area contributed by atoms with E-state index in [1.54, 1.807) is 4.68 Å². The van der Waals surface area contributed by atoms with Crippen LogP contribution in [0.15, 0.2) is 71.7 Å². The number of aromatic nitrogens is 3. The zero-order valence-corrected chi connectivity index (χ0v) is 22.6. The third-order valence-electron chi connectivity index (χ3n) is 7.22. The lowest BCUT2D eigenvalue weighted by Gasteiger charge is -2.22. The summed E-state index contributed by atoms with van der Waals surface area (Å²) >= 11 is 0. The van der Waals surface area contributed by atoms with Gasteiger partial charge in [-0.25, -0.2) is 9.67 Å². The number of para-hydroxylation sites is 1. The van der Waals surface area contributed by atoms with Crippen LogP contribution in [0.5, 0.6) is 5.88 Å². The highest BCUT2D eigenvalue weighted by molar-refractivity contribution is 6.20. The van der Waals surface area contributed by atoms with E-state index >= 15 is 0 Å². The normalized spacial score (nSPS) is 18.0. The van der Waals surface area contributed by atoms with Crippen LogP contribution in [0.3, 0.4) is 0 Å². The Morgan fingerprint density at radius 1 is 1.07 bits per heavy atom. The summed E-state index contributed by atoms with van der Waals surface area (Å²) in [7, 11) is 0. The molecule has 0 spiro atoms. The smallest absolute Gasteiger partial charge is 0.269 e. The minimum absolute atomic E-state index is 0.0799. The van der Waals surface area contributed by atoms with Crippen LogP contribution in [0.2, 0.25) is 0 Å². The van der Waals surface area contributed by atoms with Gasteiger partial charge in [-0.05, 0) is 38.5 Å². The SMILES string of the molecule is CCc1ccc(-c2nn3c(c2C(=O)N[C@H]2N=C(c4ccccc4)c4ccccc4NC2=O)O[C@H](C)CC3)c(C)n1.